The SMILES string of the molecule is C=C(N)N1CC=CCC1. The van der Waals surface area contributed by atoms with Gasteiger partial charge in [-0.15, -0.1) is 0 Å². The minimum atomic E-state index is 0.680. The summed E-state index contributed by atoms with van der Waals surface area (Å²) in [5, 5.41) is 0. The van der Waals surface area contributed by atoms with Crippen LogP contribution in [0.25, 0.3) is 0 Å². The second-order valence-electron chi connectivity index (χ2n) is 2.20. The highest BCUT2D eigenvalue weighted by molar-refractivity contribution is 4.98. The molecule has 2 N–H and O–H groups in total. The van der Waals surface area contributed by atoms with Crippen LogP contribution in [0, 0.1) is 0 Å². The normalized spacial score (nSPS) is 18.0. The molecule has 2 heteroatoms. The smallest absolute Gasteiger partial charge is 0.0915 e. The van der Waals surface area contributed by atoms with E-state index < -0.39 is 0 Å². The number of rotatable bonds is 1. The van der Waals surface area contributed by atoms with Gasteiger partial charge in [0.05, 0.1) is 5.82 Å². The Bertz CT molecular complexity index is 138. The third kappa shape index (κ3) is 1.49. The monoisotopic (exact) mass is 124 g/mol. The molecule has 0 aromatic heterocycles. The van der Waals surface area contributed by atoms with Crippen molar-refractivity contribution in [2.45, 2.75) is 6.42 Å². The third-order valence-electron chi connectivity index (χ3n) is 1.46. The second kappa shape index (κ2) is 2.58. The summed E-state index contributed by atoms with van der Waals surface area (Å²) in [5.74, 6) is 0.680. The van der Waals surface area contributed by atoms with Crippen LogP contribution in [0.1, 0.15) is 6.42 Å². The minimum absolute atomic E-state index is 0.680. The third-order valence-corrected chi connectivity index (χ3v) is 1.46. The summed E-state index contributed by atoms with van der Waals surface area (Å²) in [4.78, 5) is 2.06. The van der Waals surface area contributed by atoms with Crippen molar-refractivity contribution in [3.63, 3.8) is 0 Å². The molecule has 1 aliphatic rings. The van der Waals surface area contributed by atoms with Gasteiger partial charge in [-0.2, -0.15) is 0 Å². The van der Waals surface area contributed by atoms with Crippen LogP contribution in [0.5, 0.6) is 0 Å². The molecule has 0 aromatic rings. The van der Waals surface area contributed by atoms with Gasteiger partial charge in [-0.05, 0) is 6.42 Å². The molecule has 0 fully saturated rings. The highest BCUT2D eigenvalue weighted by atomic mass is 15.2. The first kappa shape index (κ1) is 6.20. The van der Waals surface area contributed by atoms with Crippen LogP contribution in [-0.2, 0) is 0 Å². The molecule has 0 saturated carbocycles. The lowest BCUT2D eigenvalue weighted by Crippen LogP contribution is -2.29. The summed E-state index contributed by atoms with van der Waals surface area (Å²) in [6, 6.07) is 0. The molecule has 0 spiro atoms. The Labute approximate surface area is 55.6 Å². The van der Waals surface area contributed by atoms with Crippen molar-refractivity contribution in [2.75, 3.05) is 13.1 Å². The lowest BCUT2D eigenvalue weighted by atomic mass is 10.2. The first-order valence-corrected chi connectivity index (χ1v) is 3.15. The van der Waals surface area contributed by atoms with Crippen molar-refractivity contribution < 1.29 is 0 Å². The van der Waals surface area contributed by atoms with Crippen LogP contribution >= 0.6 is 0 Å². The van der Waals surface area contributed by atoms with Crippen molar-refractivity contribution in [3.8, 4) is 0 Å². The Hall–Kier alpha value is -0.920. The molecule has 1 heterocycles. The molecule has 0 aliphatic carbocycles. The van der Waals surface area contributed by atoms with Gasteiger partial charge in [-0.1, -0.05) is 18.7 Å². The maximum absolute atomic E-state index is 5.46. The van der Waals surface area contributed by atoms with Gasteiger partial charge < -0.3 is 10.6 Å². The summed E-state index contributed by atoms with van der Waals surface area (Å²) in [7, 11) is 0. The molecule has 0 aromatic carbocycles. The van der Waals surface area contributed by atoms with Crippen molar-refractivity contribution in [2.24, 2.45) is 5.73 Å². The maximum atomic E-state index is 5.46. The largest absolute Gasteiger partial charge is 0.386 e. The zero-order chi connectivity index (χ0) is 6.69. The molecule has 1 rings (SSSR count). The summed E-state index contributed by atoms with van der Waals surface area (Å²) >= 11 is 0. The quantitative estimate of drug-likeness (QED) is 0.521. The van der Waals surface area contributed by atoms with E-state index in [0.717, 1.165) is 19.5 Å². The van der Waals surface area contributed by atoms with E-state index in [1.54, 1.807) is 0 Å². The van der Waals surface area contributed by atoms with Gasteiger partial charge in [0.2, 0.25) is 0 Å². The Morgan fingerprint density at radius 2 is 2.33 bits per heavy atom. The summed E-state index contributed by atoms with van der Waals surface area (Å²) in [5.41, 5.74) is 5.46. The van der Waals surface area contributed by atoms with Crippen LogP contribution in [0.3, 0.4) is 0 Å². The lowest BCUT2D eigenvalue weighted by molar-refractivity contribution is 0.372. The fraction of sp³-hybridized carbons (Fsp3) is 0.429. The Morgan fingerprint density at radius 1 is 1.56 bits per heavy atom. The Balaban J connectivity index is 2.44. The predicted molar refractivity (Wildman–Crippen MR) is 38.7 cm³/mol. The zero-order valence-corrected chi connectivity index (χ0v) is 5.51. The van der Waals surface area contributed by atoms with Crippen LogP contribution in [-0.4, -0.2) is 18.0 Å². The van der Waals surface area contributed by atoms with Crippen molar-refractivity contribution in [3.05, 3.63) is 24.6 Å². The first-order chi connectivity index (χ1) is 4.30. The number of nitrogens with two attached hydrogens (primary N) is 1. The van der Waals surface area contributed by atoms with Gasteiger partial charge in [-0.3, -0.25) is 0 Å². The Morgan fingerprint density at radius 3 is 2.67 bits per heavy atom. The maximum Gasteiger partial charge on any atom is 0.0915 e. The molecule has 1 aliphatic heterocycles. The van der Waals surface area contributed by atoms with Crippen LogP contribution < -0.4 is 5.73 Å². The van der Waals surface area contributed by atoms with Gasteiger partial charge in [0, 0.05) is 13.1 Å². The molecule has 0 saturated heterocycles. The topological polar surface area (TPSA) is 29.3 Å². The van der Waals surface area contributed by atoms with E-state index >= 15 is 0 Å². The van der Waals surface area contributed by atoms with Crippen LogP contribution in [0.15, 0.2) is 24.6 Å². The standard InChI is InChI=1S/C7H12N2/c1-7(8)9-5-3-2-4-6-9/h2-3H,1,4-6,8H2. The van der Waals surface area contributed by atoms with E-state index in [2.05, 4.69) is 23.6 Å². The van der Waals surface area contributed by atoms with Gasteiger partial charge in [-0.25, -0.2) is 0 Å². The molecule has 50 valence electrons. The molecule has 0 unspecified atom stereocenters. The Kier molecular flexibility index (Phi) is 1.78. The molecule has 0 amide bonds. The second-order valence-corrected chi connectivity index (χ2v) is 2.20. The van der Waals surface area contributed by atoms with E-state index in [-0.39, 0.29) is 0 Å². The molecule has 0 bridgehead atoms. The summed E-state index contributed by atoms with van der Waals surface area (Å²) < 4.78 is 0. The highest BCUT2D eigenvalue weighted by Crippen LogP contribution is 2.02. The van der Waals surface area contributed by atoms with E-state index in [4.69, 9.17) is 5.73 Å². The average molecular weight is 124 g/mol. The molecular formula is C7H12N2. The average Bonchev–Trinajstić information content (AvgIpc) is 1.90. The van der Waals surface area contributed by atoms with Crippen molar-refractivity contribution >= 4 is 0 Å². The fourth-order valence-electron chi connectivity index (χ4n) is 0.902. The number of hydrogen-bond acceptors (Lipinski definition) is 2. The summed E-state index contributed by atoms with van der Waals surface area (Å²) in [6.07, 6.45) is 5.37. The van der Waals surface area contributed by atoms with E-state index in [1.165, 1.54) is 0 Å². The van der Waals surface area contributed by atoms with E-state index in [1.807, 2.05) is 0 Å². The lowest BCUT2D eigenvalue weighted by Gasteiger charge is -2.24. The first-order valence-electron chi connectivity index (χ1n) is 3.15. The number of nitrogens with zero attached hydrogens (tertiary/aromatic N) is 1. The molecule has 9 heavy (non-hydrogen) atoms. The summed E-state index contributed by atoms with van der Waals surface area (Å²) in [6.45, 7) is 5.59. The highest BCUT2D eigenvalue weighted by Gasteiger charge is 2.03. The van der Waals surface area contributed by atoms with Crippen molar-refractivity contribution in [1.29, 1.82) is 0 Å². The van der Waals surface area contributed by atoms with Gasteiger partial charge in [0.15, 0.2) is 0 Å². The van der Waals surface area contributed by atoms with Crippen molar-refractivity contribution in [1.82, 2.24) is 4.90 Å². The molecule has 0 radical (unpaired) electrons. The van der Waals surface area contributed by atoms with E-state index in [0.29, 0.717) is 5.82 Å². The van der Waals surface area contributed by atoms with Gasteiger partial charge >= 0.3 is 0 Å². The van der Waals surface area contributed by atoms with Gasteiger partial charge in [0.1, 0.15) is 0 Å². The molecular weight excluding hydrogens is 112 g/mol. The number of hydrogen-bond donors (Lipinski definition) is 1. The molecule has 2 nitrogen and oxygen atoms in total. The van der Waals surface area contributed by atoms with E-state index in [9.17, 15) is 0 Å². The zero-order valence-electron chi connectivity index (χ0n) is 5.51. The minimum Gasteiger partial charge on any atom is -0.386 e. The van der Waals surface area contributed by atoms with Gasteiger partial charge in [0.25, 0.3) is 0 Å². The van der Waals surface area contributed by atoms with Crippen LogP contribution in [0.2, 0.25) is 0 Å². The molecule has 0 atom stereocenters. The van der Waals surface area contributed by atoms with Crippen LogP contribution in [0.4, 0.5) is 0 Å². The predicted octanol–water partition coefficient (Wildman–Crippen LogP) is 0.678. The fourth-order valence-corrected chi connectivity index (χ4v) is 0.902.